The maximum absolute atomic E-state index is 11.7. The lowest BCUT2D eigenvalue weighted by Crippen LogP contribution is -2.62. The van der Waals surface area contributed by atoms with Gasteiger partial charge in [0, 0.05) is 61.1 Å². The number of phenols is 2. The first-order chi connectivity index (χ1) is 33.3. The smallest absolute Gasteiger partial charge is 0.162 e. The van der Waals surface area contributed by atoms with Gasteiger partial charge in [0.05, 0.1) is 25.5 Å². The number of aliphatic hydroxyl groups is 4. The van der Waals surface area contributed by atoms with E-state index in [1.54, 1.807) is 12.1 Å². The lowest BCUT2D eigenvalue weighted by molar-refractivity contribution is -0.141. The number of aryl methyl sites for hydroxylation is 1. The number of fused-ring (bicyclic) bond motifs is 13. The number of aromatic nitrogens is 1. The van der Waals surface area contributed by atoms with Gasteiger partial charge in [0.15, 0.2) is 17.6 Å². The van der Waals surface area contributed by atoms with Crippen LogP contribution in [-0.4, -0.2) is 112 Å². The van der Waals surface area contributed by atoms with Crippen LogP contribution in [0.2, 0.25) is 0 Å². The van der Waals surface area contributed by atoms with E-state index in [1.165, 1.54) is 0 Å². The van der Waals surface area contributed by atoms with E-state index in [0.29, 0.717) is 80.5 Å². The van der Waals surface area contributed by atoms with Gasteiger partial charge in [0.25, 0.3) is 0 Å². The minimum atomic E-state index is -1.29. The lowest BCUT2D eigenvalue weighted by atomic mass is 9.69. The first-order valence-electron chi connectivity index (χ1n) is 24.6. The average Bonchev–Trinajstić information content (AvgIpc) is 3.80. The highest BCUT2D eigenvalue weighted by Gasteiger charge is 2.55. The van der Waals surface area contributed by atoms with Crippen LogP contribution in [0.1, 0.15) is 97.4 Å². The van der Waals surface area contributed by atoms with Crippen molar-refractivity contribution in [1.82, 2.24) is 20.9 Å². The second-order valence-corrected chi connectivity index (χ2v) is 20.1. The fraction of sp³-hybridized carbons (Fsp3) is 0.491. The molecule has 14 heteroatoms. The number of aliphatic hydroxyl groups excluding tert-OH is 3. The van der Waals surface area contributed by atoms with Gasteiger partial charge in [-0.25, -0.2) is 0 Å². The SMILES string of the molecule is CNCOC12Cc3c4c(c5c(c3OC1c1cc(CCCO)c(O)c(c1)OC(CO)CC#CC2NCNCC(C)(O)CC(C)C)CCC(CO)O5)-c1ccc(O)cc1C(Cc1ccc2[nH]ccc2c1)C4. The molecule has 2 bridgehead atoms. The molecule has 368 valence electrons. The van der Waals surface area contributed by atoms with Crippen LogP contribution in [0.15, 0.2) is 60.8 Å². The van der Waals surface area contributed by atoms with Crippen LogP contribution in [0, 0.1) is 17.8 Å². The molecule has 0 spiro atoms. The van der Waals surface area contributed by atoms with Crippen LogP contribution >= 0.6 is 0 Å². The van der Waals surface area contributed by atoms with Crippen molar-refractivity contribution in [2.24, 2.45) is 5.92 Å². The van der Waals surface area contributed by atoms with Gasteiger partial charge in [-0.15, -0.1) is 0 Å². The molecule has 1 aromatic heterocycles. The van der Waals surface area contributed by atoms with E-state index in [1.807, 2.05) is 38.4 Å². The maximum atomic E-state index is 11.7. The highest BCUT2D eigenvalue weighted by molar-refractivity contribution is 5.85. The second-order valence-electron chi connectivity index (χ2n) is 20.1. The Morgan fingerprint density at radius 3 is 2.58 bits per heavy atom. The molecule has 0 saturated heterocycles. The van der Waals surface area contributed by atoms with Crippen LogP contribution in [0.4, 0.5) is 0 Å². The molecule has 9 rings (SSSR count). The third kappa shape index (κ3) is 9.89. The van der Waals surface area contributed by atoms with Gasteiger partial charge in [-0.1, -0.05) is 37.8 Å². The van der Waals surface area contributed by atoms with Crippen molar-refractivity contribution in [3.63, 3.8) is 0 Å². The van der Waals surface area contributed by atoms with Crippen molar-refractivity contribution in [1.29, 1.82) is 0 Å². The first kappa shape index (κ1) is 48.7. The van der Waals surface area contributed by atoms with Gasteiger partial charge < -0.3 is 59.9 Å². The minimum Gasteiger partial charge on any atom is -0.508 e. The van der Waals surface area contributed by atoms with E-state index in [2.05, 4.69) is 70.9 Å². The van der Waals surface area contributed by atoms with Crippen LogP contribution in [0.5, 0.6) is 28.7 Å². The summed E-state index contributed by atoms with van der Waals surface area (Å²) in [6, 6.07) is 17.1. The topological polar surface area (TPSA) is 210 Å². The molecule has 69 heavy (non-hydrogen) atoms. The normalized spacial score (nSPS) is 23.3. The molecule has 4 aromatic carbocycles. The van der Waals surface area contributed by atoms with Crippen molar-refractivity contribution in [3.05, 3.63) is 99.7 Å². The average molecular weight is 945 g/mol. The number of nitrogens with one attached hydrogen (secondary N) is 4. The monoisotopic (exact) mass is 944 g/mol. The summed E-state index contributed by atoms with van der Waals surface area (Å²) in [5.41, 5.74) is 6.89. The van der Waals surface area contributed by atoms with Crippen molar-refractivity contribution in [2.75, 3.05) is 46.8 Å². The summed E-state index contributed by atoms with van der Waals surface area (Å²) >= 11 is 0. The molecule has 10 N–H and O–H groups in total. The summed E-state index contributed by atoms with van der Waals surface area (Å²) in [6.45, 7) is 6.10. The van der Waals surface area contributed by atoms with Crippen LogP contribution in [-0.2, 0) is 36.8 Å². The molecule has 4 heterocycles. The Hall–Kier alpha value is -5.34. The second kappa shape index (κ2) is 20.6. The zero-order valence-electron chi connectivity index (χ0n) is 40.2. The summed E-state index contributed by atoms with van der Waals surface area (Å²) in [5, 5.41) is 76.7. The number of aromatic amines is 1. The molecule has 0 saturated carbocycles. The summed E-state index contributed by atoms with van der Waals surface area (Å²) in [6.07, 6.45) is 4.03. The predicted molar refractivity (Wildman–Crippen MR) is 264 cm³/mol. The van der Waals surface area contributed by atoms with Crippen molar-refractivity contribution in [3.8, 4) is 51.7 Å². The number of rotatable bonds is 17. The number of phenolic OH excluding ortho intramolecular Hbond substituents is 2. The summed E-state index contributed by atoms with van der Waals surface area (Å²) in [5.74, 6) is 8.68. The Kier molecular flexibility index (Phi) is 14.5. The van der Waals surface area contributed by atoms with Crippen molar-refractivity contribution < 1.29 is 49.6 Å². The molecule has 4 aliphatic rings. The third-order valence-corrected chi connectivity index (χ3v) is 14.3. The maximum Gasteiger partial charge on any atom is 0.162 e. The van der Waals surface area contributed by atoms with Crippen LogP contribution in [0.25, 0.3) is 22.0 Å². The van der Waals surface area contributed by atoms with Gasteiger partial charge in [0.2, 0.25) is 0 Å². The number of benzene rings is 4. The molecular weight excluding hydrogens is 877 g/mol. The fourth-order valence-corrected chi connectivity index (χ4v) is 11.3. The lowest BCUT2D eigenvalue weighted by Gasteiger charge is -2.49. The Morgan fingerprint density at radius 1 is 0.957 bits per heavy atom. The Bertz CT molecular complexity index is 2710. The zero-order chi connectivity index (χ0) is 48.5. The molecule has 0 radical (unpaired) electrons. The Morgan fingerprint density at radius 2 is 1.80 bits per heavy atom. The molecular formula is C55H68N4O10. The molecule has 14 nitrogen and oxygen atoms in total. The predicted octanol–water partition coefficient (Wildman–Crippen LogP) is 5.80. The van der Waals surface area contributed by atoms with E-state index in [9.17, 15) is 30.6 Å². The first-order valence-corrected chi connectivity index (χ1v) is 24.6. The molecule has 1 aliphatic carbocycles. The van der Waals surface area contributed by atoms with E-state index >= 15 is 0 Å². The third-order valence-electron chi connectivity index (χ3n) is 14.3. The van der Waals surface area contributed by atoms with Gasteiger partial charge in [-0.2, -0.15) is 0 Å². The van der Waals surface area contributed by atoms with Gasteiger partial charge in [0.1, 0.15) is 41.1 Å². The molecule has 5 aromatic rings. The van der Waals surface area contributed by atoms with Gasteiger partial charge in [-0.05, 0) is 152 Å². The van der Waals surface area contributed by atoms with Crippen LogP contribution in [0.3, 0.4) is 0 Å². The number of ether oxygens (including phenoxy) is 4. The van der Waals surface area contributed by atoms with Crippen molar-refractivity contribution in [2.45, 2.75) is 120 Å². The number of aromatic hydroxyl groups is 2. The minimum absolute atomic E-state index is 0.0623. The number of hydrogen-bond donors (Lipinski definition) is 10. The summed E-state index contributed by atoms with van der Waals surface area (Å²) < 4.78 is 28.1. The van der Waals surface area contributed by atoms with Gasteiger partial charge in [-0.3, -0.25) is 10.6 Å². The largest absolute Gasteiger partial charge is 0.508 e. The van der Waals surface area contributed by atoms with E-state index < -0.39 is 35.6 Å². The van der Waals surface area contributed by atoms with E-state index in [4.69, 9.17) is 18.9 Å². The van der Waals surface area contributed by atoms with Crippen LogP contribution < -0.4 is 30.2 Å². The molecule has 0 amide bonds. The van der Waals surface area contributed by atoms with E-state index in [0.717, 1.165) is 49.8 Å². The van der Waals surface area contributed by atoms with E-state index in [-0.39, 0.29) is 68.7 Å². The van der Waals surface area contributed by atoms with Crippen molar-refractivity contribution >= 4 is 10.9 Å². The summed E-state index contributed by atoms with van der Waals surface area (Å²) in [4.78, 5) is 3.31. The fourth-order valence-electron chi connectivity index (χ4n) is 11.3. The Balaban J connectivity index is 1.26. The number of hydrogen-bond acceptors (Lipinski definition) is 13. The molecule has 3 aliphatic heterocycles. The number of H-pyrrole nitrogens is 1. The highest BCUT2D eigenvalue weighted by atomic mass is 16.6. The Labute approximate surface area is 404 Å². The van der Waals surface area contributed by atoms with Gasteiger partial charge >= 0.3 is 0 Å². The molecule has 7 atom stereocenters. The quantitative estimate of drug-likeness (QED) is 0.0304. The molecule has 7 unspecified atom stereocenters. The molecule has 0 fully saturated rings. The zero-order valence-corrected chi connectivity index (χ0v) is 40.2. The standard InChI is InChI=1S/C55H68N4O10/c1-32(2)25-54(3,65)29-57-30-59-48-9-5-8-39(27-61)67-47-23-37(21-35(50(47)64)7-6-18-60)53-55(48,66-31-56-4)26-45-44-22-36(20-33-10-15-46-34(19-33)16-17-58-46)43-24-38(63)11-13-41(43)49(44)52-42(51(45)69-53)14-12-40(28-62)68-52/h10-11,13,15-17,19,21,23-24,32,36,39-40,48,53,56-65H,6-8,12,14,18,20,22,25-31H2,1-4H3. The summed E-state index contributed by atoms with van der Waals surface area (Å²) in [7, 11) is 1.82. The highest BCUT2D eigenvalue weighted by Crippen LogP contribution is 2.58.